The quantitative estimate of drug-likeness (QED) is 0.812. The Kier molecular flexibility index (Phi) is 4.77. The maximum absolute atomic E-state index is 12.3. The average Bonchev–Trinajstić information content (AvgIpc) is 2.57. The van der Waals surface area contributed by atoms with Gasteiger partial charge in [-0.25, -0.2) is 0 Å². The van der Waals surface area contributed by atoms with E-state index in [-0.39, 0.29) is 5.91 Å². The summed E-state index contributed by atoms with van der Waals surface area (Å²) in [4.78, 5) is 25.0. The zero-order valence-corrected chi connectivity index (χ0v) is 12.3. The Bertz CT molecular complexity index is 462. The van der Waals surface area contributed by atoms with Crippen molar-refractivity contribution in [1.29, 1.82) is 0 Å². The van der Waals surface area contributed by atoms with Gasteiger partial charge in [0.25, 0.3) is 0 Å². The van der Waals surface area contributed by atoms with Gasteiger partial charge >= 0.3 is 0 Å². The second-order valence-electron chi connectivity index (χ2n) is 5.70. The fourth-order valence-electron chi connectivity index (χ4n) is 3.07. The molecule has 0 radical (unpaired) electrons. The van der Waals surface area contributed by atoms with E-state index in [1.807, 2.05) is 11.1 Å². The van der Waals surface area contributed by atoms with Crippen molar-refractivity contribution < 1.29 is 9.53 Å². The van der Waals surface area contributed by atoms with Crippen LogP contribution in [-0.4, -0.2) is 71.6 Å². The average molecular weight is 290 g/mol. The number of amides is 1. The van der Waals surface area contributed by atoms with Crippen LogP contribution in [-0.2, 0) is 9.53 Å². The number of morpholine rings is 1. The van der Waals surface area contributed by atoms with E-state index in [1.54, 1.807) is 12.4 Å². The van der Waals surface area contributed by atoms with E-state index < -0.39 is 0 Å². The van der Waals surface area contributed by atoms with Gasteiger partial charge < -0.3 is 9.64 Å². The van der Waals surface area contributed by atoms with Crippen molar-refractivity contribution in [3.05, 3.63) is 24.3 Å². The first-order valence-corrected chi connectivity index (χ1v) is 7.67. The van der Waals surface area contributed by atoms with Gasteiger partial charge in [-0.2, -0.15) is 0 Å². The molecule has 1 aromatic rings. The fraction of sp³-hybridized carbons (Fsp3) is 0.667. The van der Waals surface area contributed by atoms with Crippen LogP contribution in [0.25, 0.3) is 0 Å². The van der Waals surface area contributed by atoms with E-state index in [2.05, 4.69) is 14.9 Å². The number of ether oxygens (including phenoxy) is 1. The van der Waals surface area contributed by atoms with Crippen LogP contribution in [0.1, 0.15) is 24.5 Å². The number of carbonyl (C=O) groups excluding carboxylic acids is 1. The van der Waals surface area contributed by atoms with Crippen molar-refractivity contribution in [1.82, 2.24) is 19.8 Å². The molecule has 6 nitrogen and oxygen atoms in total. The molecule has 6 heteroatoms. The Hall–Kier alpha value is -1.53. The van der Waals surface area contributed by atoms with E-state index in [1.165, 1.54) is 0 Å². The topological polar surface area (TPSA) is 58.6 Å². The van der Waals surface area contributed by atoms with Crippen LogP contribution < -0.4 is 0 Å². The Morgan fingerprint density at radius 2 is 2.14 bits per heavy atom. The molecule has 2 fully saturated rings. The number of piperidine rings is 1. The van der Waals surface area contributed by atoms with E-state index >= 15 is 0 Å². The van der Waals surface area contributed by atoms with Gasteiger partial charge in [0, 0.05) is 44.1 Å². The third-order valence-electron chi connectivity index (χ3n) is 4.23. The van der Waals surface area contributed by atoms with Crippen molar-refractivity contribution in [3.63, 3.8) is 0 Å². The molecule has 114 valence electrons. The maximum atomic E-state index is 12.3. The van der Waals surface area contributed by atoms with Gasteiger partial charge in [0.2, 0.25) is 5.91 Å². The molecule has 1 amide bonds. The molecule has 0 N–H and O–H groups in total. The van der Waals surface area contributed by atoms with Crippen LogP contribution in [0.4, 0.5) is 0 Å². The van der Waals surface area contributed by atoms with Crippen molar-refractivity contribution in [2.75, 3.05) is 45.9 Å². The number of rotatable bonds is 3. The highest BCUT2D eigenvalue weighted by Crippen LogP contribution is 2.24. The molecule has 0 spiro atoms. The number of aromatic nitrogens is 2. The van der Waals surface area contributed by atoms with Crippen molar-refractivity contribution >= 4 is 5.91 Å². The second kappa shape index (κ2) is 6.95. The van der Waals surface area contributed by atoms with Gasteiger partial charge in [-0.1, -0.05) is 0 Å². The number of hydrogen-bond acceptors (Lipinski definition) is 5. The lowest BCUT2D eigenvalue weighted by atomic mass is 9.95. The summed E-state index contributed by atoms with van der Waals surface area (Å²) in [5.74, 6) is 0.614. The predicted molar refractivity (Wildman–Crippen MR) is 77.8 cm³/mol. The van der Waals surface area contributed by atoms with Gasteiger partial charge in [0.1, 0.15) is 0 Å². The molecule has 3 heterocycles. The monoisotopic (exact) mass is 290 g/mol. The van der Waals surface area contributed by atoms with E-state index in [0.29, 0.717) is 25.7 Å². The lowest BCUT2D eigenvalue weighted by molar-refractivity contribution is -0.136. The molecule has 3 rings (SSSR count). The lowest BCUT2D eigenvalue weighted by Crippen LogP contribution is -2.47. The van der Waals surface area contributed by atoms with Crippen LogP contribution in [0, 0.1) is 0 Å². The number of likely N-dealkylation sites (tertiary alicyclic amines) is 1. The Balaban J connectivity index is 1.55. The molecule has 2 aliphatic heterocycles. The minimum absolute atomic E-state index is 0.220. The first-order chi connectivity index (χ1) is 10.3. The summed E-state index contributed by atoms with van der Waals surface area (Å²) in [5, 5.41) is 0. The summed E-state index contributed by atoms with van der Waals surface area (Å²) >= 11 is 0. The summed E-state index contributed by atoms with van der Waals surface area (Å²) < 4.78 is 5.29. The molecular weight excluding hydrogens is 268 g/mol. The van der Waals surface area contributed by atoms with Gasteiger partial charge in [-0.3, -0.25) is 19.7 Å². The van der Waals surface area contributed by atoms with Gasteiger partial charge in [0.05, 0.1) is 25.5 Å². The number of hydrogen-bond donors (Lipinski definition) is 0. The largest absolute Gasteiger partial charge is 0.378 e. The summed E-state index contributed by atoms with van der Waals surface area (Å²) in [6.07, 6.45) is 7.52. The zero-order valence-electron chi connectivity index (χ0n) is 12.3. The normalized spacial score (nSPS) is 24.0. The molecule has 2 saturated heterocycles. The molecule has 0 bridgehead atoms. The maximum Gasteiger partial charge on any atom is 0.236 e. The van der Waals surface area contributed by atoms with E-state index in [9.17, 15) is 4.79 Å². The Morgan fingerprint density at radius 1 is 1.29 bits per heavy atom. The zero-order chi connectivity index (χ0) is 14.5. The first-order valence-electron chi connectivity index (χ1n) is 7.67. The minimum Gasteiger partial charge on any atom is -0.378 e. The van der Waals surface area contributed by atoms with Crippen LogP contribution in [0.15, 0.2) is 18.6 Å². The third-order valence-corrected chi connectivity index (χ3v) is 4.23. The highest BCUT2D eigenvalue weighted by Gasteiger charge is 2.26. The van der Waals surface area contributed by atoms with Crippen LogP contribution in [0.2, 0.25) is 0 Å². The smallest absolute Gasteiger partial charge is 0.236 e. The molecular formula is C15H22N4O2. The summed E-state index contributed by atoms with van der Waals surface area (Å²) in [7, 11) is 0. The van der Waals surface area contributed by atoms with Crippen molar-refractivity contribution in [2.45, 2.75) is 18.8 Å². The van der Waals surface area contributed by atoms with Crippen LogP contribution >= 0.6 is 0 Å². The van der Waals surface area contributed by atoms with Crippen LogP contribution in [0.3, 0.4) is 0 Å². The molecule has 0 saturated carbocycles. The SMILES string of the molecule is O=C(CN1CCC[C@@H](c2cnccn2)C1)N1CCOCC1. The second-order valence-corrected chi connectivity index (χ2v) is 5.70. The Labute approximate surface area is 125 Å². The third kappa shape index (κ3) is 3.77. The minimum atomic E-state index is 0.220. The molecule has 2 aliphatic rings. The molecule has 21 heavy (non-hydrogen) atoms. The van der Waals surface area contributed by atoms with Crippen molar-refractivity contribution in [3.8, 4) is 0 Å². The fourth-order valence-corrected chi connectivity index (χ4v) is 3.07. The van der Waals surface area contributed by atoms with E-state index in [0.717, 1.165) is 44.7 Å². The molecule has 1 atom stereocenters. The lowest BCUT2D eigenvalue weighted by Gasteiger charge is -2.34. The predicted octanol–water partition coefficient (Wildman–Crippen LogP) is 0.515. The summed E-state index contributed by atoms with van der Waals surface area (Å²) in [5.41, 5.74) is 1.04. The van der Waals surface area contributed by atoms with Gasteiger partial charge in [0.15, 0.2) is 0 Å². The van der Waals surface area contributed by atoms with Crippen LogP contribution in [0.5, 0.6) is 0 Å². The van der Waals surface area contributed by atoms with Crippen molar-refractivity contribution in [2.24, 2.45) is 0 Å². The number of nitrogens with zero attached hydrogens (tertiary/aromatic N) is 4. The first kappa shape index (κ1) is 14.4. The van der Waals surface area contributed by atoms with E-state index in [4.69, 9.17) is 4.74 Å². The molecule has 0 unspecified atom stereocenters. The molecule has 0 aromatic carbocycles. The molecule has 1 aromatic heterocycles. The highest BCUT2D eigenvalue weighted by atomic mass is 16.5. The van der Waals surface area contributed by atoms with Gasteiger partial charge in [-0.15, -0.1) is 0 Å². The van der Waals surface area contributed by atoms with Gasteiger partial charge in [-0.05, 0) is 19.4 Å². The summed E-state index contributed by atoms with van der Waals surface area (Å²) in [6, 6.07) is 0. The standard InChI is InChI=1S/C15H22N4O2/c20-15(19-6-8-21-9-7-19)12-18-5-1-2-13(11-18)14-10-16-3-4-17-14/h3-4,10,13H,1-2,5-9,11-12H2/t13-/m1/s1. The Morgan fingerprint density at radius 3 is 2.90 bits per heavy atom. The molecule has 0 aliphatic carbocycles. The summed E-state index contributed by atoms with van der Waals surface area (Å²) in [6.45, 7) is 5.17. The highest BCUT2D eigenvalue weighted by molar-refractivity contribution is 5.78. The number of carbonyl (C=O) groups is 1.